The number of aryl methyl sites for hydroxylation is 1. The van der Waals surface area contributed by atoms with E-state index in [1.807, 2.05) is 12.1 Å². The van der Waals surface area contributed by atoms with Gasteiger partial charge < -0.3 is 9.88 Å². The highest BCUT2D eigenvalue weighted by atomic mass is 19.1. The molecular weight excluding hydrogens is 397 g/mol. The van der Waals surface area contributed by atoms with Crippen LogP contribution in [0.25, 0.3) is 10.9 Å². The van der Waals surface area contributed by atoms with Crippen molar-refractivity contribution in [1.29, 1.82) is 0 Å². The van der Waals surface area contributed by atoms with Crippen LogP contribution in [0.1, 0.15) is 29.2 Å². The molecule has 5 rings (SSSR count). The smallest absolute Gasteiger partial charge is 0.123 e. The molecule has 1 fully saturated rings. The van der Waals surface area contributed by atoms with Crippen molar-refractivity contribution >= 4 is 10.9 Å². The van der Waals surface area contributed by atoms with E-state index < -0.39 is 0 Å². The predicted molar refractivity (Wildman–Crippen MR) is 129 cm³/mol. The maximum absolute atomic E-state index is 13.5. The molecule has 32 heavy (non-hydrogen) atoms. The standard InChI is InChI=1S/C28H30FN3/c29-25-14-12-23(13-15-25)28(22-7-2-1-3-8-22)32-19-17-31(18-20-32)16-6-9-24-21-30-27-11-5-4-10-26(24)27/h1-5,7-8,10-15,21,28,30H,6,9,16-20H2. The van der Waals surface area contributed by atoms with Gasteiger partial charge >= 0.3 is 0 Å². The van der Waals surface area contributed by atoms with Gasteiger partial charge in [-0.1, -0.05) is 60.7 Å². The number of piperazine rings is 1. The van der Waals surface area contributed by atoms with Crippen LogP contribution < -0.4 is 0 Å². The molecular formula is C28H30FN3. The van der Waals surface area contributed by atoms with Gasteiger partial charge in [-0.15, -0.1) is 0 Å². The summed E-state index contributed by atoms with van der Waals surface area (Å²) in [6.45, 7) is 5.30. The minimum absolute atomic E-state index is 0.171. The summed E-state index contributed by atoms with van der Waals surface area (Å²) in [5.74, 6) is -0.180. The molecule has 1 unspecified atom stereocenters. The summed E-state index contributed by atoms with van der Waals surface area (Å²) in [6.07, 6.45) is 4.43. The molecule has 0 bridgehead atoms. The summed E-state index contributed by atoms with van der Waals surface area (Å²) in [5, 5.41) is 1.35. The van der Waals surface area contributed by atoms with Crippen molar-refractivity contribution in [2.24, 2.45) is 0 Å². The van der Waals surface area contributed by atoms with Crippen LogP contribution in [0, 0.1) is 5.82 Å². The van der Waals surface area contributed by atoms with Gasteiger partial charge in [0, 0.05) is 43.3 Å². The number of para-hydroxylation sites is 1. The van der Waals surface area contributed by atoms with Crippen molar-refractivity contribution in [3.63, 3.8) is 0 Å². The maximum atomic E-state index is 13.5. The van der Waals surface area contributed by atoms with E-state index in [0.717, 1.165) is 44.7 Å². The van der Waals surface area contributed by atoms with Crippen LogP contribution in [0.2, 0.25) is 0 Å². The first-order valence-electron chi connectivity index (χ1n) is 11.6. The largest absolute Gasteiger partial charge is 0.361 e. The van der Waals surface area contributed by atoms with Gasteiger partial charge in [0.25, 0.3) is 0 Å². The van der Waals surface area contributed by atoms with Crippen molar-refractivity contribution < 1.29 is 4.39 Å². The summed E-state index contributed by atoms with van der Waals surface area (Å²) in [6, 6.07) is 26.3. The molecule has 3 aromatic carbocycles. The summed E-state index contributed by atoms with van der Waals surface area (Å²) in [5.41, 5.74) is 5.07. The van der Waals surface area contributed by atoms with Crippen molar-refractivity contribution in [2.45, 2.75) is 18.9 Å². The van der Waals surface area contributed by atoms with Crippen molar-refractivity contribution in [3.05, 3.63) is 108 Å². The minimum Gasteiger partial charge on any atom is -0.361 e. The fraction of sp³-hybridized carbons (Fsp3) is 0.286. The highest BCUT2D eigenvalue weighted by Gasteiger charge is 2.26. The number of H-pyrrole nitrogens is 1. The Labute approximate surface area is 189 Å². The zero-order valence-electron chi connectivity index (χ0n) is 18.4. The third-order valence-corrected chi connectivity index (χ3v) is 6.67. The van der Waals surface area contributed by atoms with E-state index in [1.165, 1.54) is 28.5 Å². The number of aromatic nitrogens is 1. The van der Waals surface area contributed by atoms with Gasteiger partial charge in [-0.25, -0.2) is 4.39 Å². The number of rotatable bonds is 7. The Morgan fingerprint density at radius 2 is 1.47 bits per heavy atom. The second-order valence-electron chi connectivity index (χ2n) is 8.71. The van der Waals surface area contributed by atoms with Crippen LogP contribution in [-0.4, -0.2) is 47.5 Å². The zero-order valence-corrected chi connectivity index (χ0v) is 18.4. The van der Waals surface area contributed by atoms with Gasteiger partial charge in [0.15, 0.2) is 0 Å². The SMILES string of the molecule is Fc1ccc(C(c2ccccc2)N2CCN(CCCc3c[nH]c4ccccc34)CC2)cc1. The fourth-order valence-electron chi connectivity index (χ4n) is 4.97. The molecule has 164 valence electrons. The van der Waals surface area contributed by atoms with Crippen LogP contribution in [0.4, 0.5) is 4.39 Å². The Morgan fingerprint density at radius 1 is 0.781 bits per heavy atom. The molecule has 3 nitrogen and oxygen atoms in total. The Kier molecular flexibility index (Phi) is 6.33. The molecule has 4 heteroatoms. The molecule has 0 amide bonds. The first-order valence-corrected chi connectivity index (χ1v) is 11.6. The lowest BCUT2D eigenvalue weighted by Crippen LogP contribution is -2.48. The van der Waals surface area contributed by atoms with Gasteiger partial charge in [0.05, 0.1) is 6.04 Å². The zero-order chi connectivity index (χ0) is 21.8. The lowest BCUT2D eigenvalue weighted by Gasteiger charge is -2.40. The summed E-state index contributed by atoms with van der Waals surface area (Å²) < 4.78 is 13.5. The van der Waals surface area contributed by atoms with Crippen molar-refractivity contribution in [2.75, 3.05) is 32.7 Å². The highest BCUT2D eigenvalue weighted by molar-refractivity contribution is 5.82. The fourth-order valence-corrected chi connectivity index (χ4v) is 4.97. The summed E-state index contributed by atoms with van der Waals surface area (Å²) in [7, 11) is 0. The molecule has 1 N–H and O–H groups in total. The molecule has 1 atom stereocenters. The first kappa shape index (κ1) is 20.9. The molecule has 2 heterocycles. The summed E-state index contributed by atoms with van der Waals surface area (Å²) in [4.78, 5) is 8.51. The number of nitrogens with zero attached hydrogens (tertiary/aromatic N) is 2. The second-order valence-corrected chi connectivity index (χ2v) is 8.71. The molecule has 1 aromatic heterocycles. The van der Waals surface area contributed by atoms with Crippen molar-refractivity contribution in [3.8, 4) is 0 Å². The molecule has 0 saturated carbocycles. The average Bonchev–Trinajstić information content (AvgIpc) is 3.25. The predicted octanol–water partition coefficient (Wildman–Crippen LogP) is 5.65. The van der Waals surface area contributed by atoms with Gasteiger partial charge in [0.2, 0.25) is 0 Å². The van der Waals surface area contributed by atoms with E-state index in [-0.39, 0.29) is 11.9 Å². The van der Waals surface area contributed by atoms with Crippen LogP contribution >= 0.6 is 0 Å². The summed E-state index contributed by atoms with van der Waals surface area (Å²) >= 11 is 0. The van der Waals surface area contributed by atoms with Crippen LogP contribution in [0.3, 0.4) is 0 Å². The van der Waals surface area contributed by atoms with E-state index in [9.17, 15) is 4.39 Å². The van der Waals surface area contributed by atoms with Crippen LogP contribution in [-0.2, 0) is 6.42 Å². The first-order chi connectivity index (χ1) is 15.8. The van der Waals surface area contributed by atoms with Gasteiger partial charge in [-0.05, 0) is 54.3 Å². The number of nitrogens with one attached hydrogen (secondary N) is 1. The Balaban J connectivity index is 1.20. The van der Waals surface area contributed by atoms with Crippen LogP contribution in [0.15, 0.2) is 85.1 Å². The lowest BCUT2D eigenvalue weighted by atomic mass is 9.96. The minimum atomic E-state index is -0.180. The Morgan fingerprint density at radius 3 is 2.25 bits per heavy atom. The number of hydrogen-bond donors (Lipinski definition) is 1. The average molecular weight is 428 g/mol. The van der Waals surface area contributed by atoms with E-state index in [0.29, 0.717) is 0 Å². The van der Waals surface area contributed by atoms with E-state index in [4.69, 9.17) is 0 Å². The molecule has 0 spiro atoms. The number of aromatic amines is 1. The number of hydrogen-bond acceptors (Lipinski definition) is 2. The van der Waals surface area contributed by atoms with Gasteiger partial charge in [-0.2, -0.15) is 0 Å². The normalized spacial score (nSPS) is 16.4. The van der Waals surface area contributed by atoms with E-state index >= 15 is 0 Å². The highest BCUT2D eigenvalue weighted by Crippen LogP contribution is 2.30. The molecule has 1 saturated heterocycles. The van der Waals surface area contributed by atoms with E-state index in [1.54, 1.807) is 12.1 Å². The molecule has 4 aromatic rings. The Hall–Kier alpha value is -2.95. The molecule has 0 aliphatic carbocycles. The number of benzene rings is 3. The quantitative estimate of drug-likeness (QED) is 0.412. The maximum Gasteiger partial charge on any atom is 0.123 e. The lowest BCUT2D eigenvalue weighted by molar-refractivity contribution is 0.109. The van der Waals surface area contributed by atoms with Gasteiger partial charge in [-0.3, -0.25) is 4.90 Å². The number of halogens is 1. The third kappa shape index (κ3) is 4.62. The van der Waals surface area contributed by atoms with Crippen molar-refractivity contribution in [1.82, 2.24) is 14.8 Å². The molecule has 1 aliphatic heterocycles. The molecule has 1 aliphatic rings. The van der Waals surface area contributed by atoms with Gasteiger partial charge in [0.1, 0.15) is 5.82 Å². The second kappa shape index (κ2) is 9.68. The number of fused-ring (bicyclic) bond motifs is 1. The monoisotopic (exact) mass is 427 g/mol. The molecule has 0 radical (unpaired) electrons. The Bertz CT molecular complexity index is 1130. The van der Waals surface area contributed by atoms with E-state index in [2.05, 4.69) is 75.6 Å². The topological polar surface area (TPSA) is 22.3 Å². The van der Waals surface area contributed by atoms with Crippen LogP contribution in [0.5, 0.6) is 0 Å². The third-order valence-electron chi connectivity index (χ3n) is 6.67.